The Bertz CT molecular complexity index is 307. The van der Waals surface area contributed by atoms with Crippen molar-refractivity contribution in [2.75, 3.05) is 41.3 Å². The van der Waals surface area contributed by atoms with Crippen LogP contribution < -0.4 is 0 Å². The molecule has 108 valence electrons. The van der Waals surface area contributed by atoms with Crippen molar-refractivity contribution >= 4 is 0 Å². The molecular weight excluding hydrogens is 236 g/mol. The number of rotatable bonds is 6. The molecule has 0 aromatic rings. The summed E-state index contributed by atoms with van der Waals surface area (Å²) in [5.41, 5.74) is 0. The van der Waals surface area contributed by atoms with E-state index in [-0.39, 0.29) is 12.2 Å². The van der Waals surface area contributed by atoms with Gasteiger partial charge in [0.2, 0.25) is 0 Å². The van der Waals surface area contributed by atoms with Crippen molar-refractivity contribution in [3.8, 4) is 23.7 Å². The van der Waals surface area contributed by atoms with Crippen LogP contribution in [0, 0.1) is 23.7 Å². The second-order valence-corrected chi connectivity index (χ2v) is 5.35. The molecule has 19 heavy (non-hydrogen) atoms. The third-order valence-corrected chi connectivity index (χ3v) is 2.28. The van der Waals surface area contributed by atoms with Gasteiger partial charge in [0.25, 0.3) is 0 Å². The van der Waals surface area contributed by atoms with E-state index in [2.05, 4.69) is 47.3 Å². The van der Waals surface area contributed by atoms with Crippen LogP contribution in [0.4, 0.5) is 0 Å². The molecule has 0 saturated heterocycles. The van der Waals surface area contributed by atoms with Gasteiger partial charge < -0.3 is 4.74 Å². The van der Waals surface area contributed by atoms with Gasteiger partial charge in [-0.25, -0.2) is 0 Å². The highest BCUT2D eigenvalue weighted by Gasteiger charge is 2.05. The van der Waals surface area contributed by atoms with Crippen LogP contribution in [-0.4, -0.2) is 63.3 Å². The van der Waals surface area contributed by atoms with Crippen LogP contribution in [0.15, 0.2) is 0 Å². The number of nitrogens with zero attached hydrogens (tertiary/aromatic N) is 2. The summed E-state index contributed by atoms with van der Waals surface area (Å²) in [6.45, 7) is 5.73. The third kappa shape index (κ3) is 13.2. The van der Waals surface area contributed by atoms with Gasteiger partial charge in [0.1, 0.15) is 0 Å². The van der Waals surface area contributed by atoms with E-state index < -0.39 is 0 Å². The molecule has 0 aliphatic carbocycles. The summed E-state index contributed by atoms with van der Waals surface area (Å²) >= 11 is 0. The summed E-state index contributed by atoms with van der Waals surface area (Å²) in [5.74, 6) is 12.5. The van der Waals surface area contributed by atoms with Crippen LogP contribution in [0.2, 0.25) is 0 Å². The molecule has 0 heterocycles. The third-order valence-electron chi connectivity index (χ3n) is 2.28. The van der Waals surface area contributed by atoms with Crippen molar-refractivity contribution in [3.05, 3.63) is 0 Å². The maximum Gasteiger partial charge on any atom is 0.0660 e. The monoisotopic (exact) mass is 264 g/mol. The Morgan fingerprint density at radius 2 is 1.11 bits per heavy atom. The molecule has 2 unspecified atom stereocenters. The minimum Gasteiger partial charge on any atom is -0.374 e. The van der Waals surface area contributed by atoms with Crippen LogP contribution in [-0.2, 0) is 4.74 Å². The SMILES string of the molecule is CC(CC#CCN(C)C)OC(C)CC#CCN(C)C. The molecule has 0 bridgehead atoms. The zero-order valence-corrected chi connectivity index (χ0v) is 13.3. The smallest absolute Gasteiger partial charge is 0.0660 e. The predicted octanol–water partition coefficient (Wildman–Crippen LogP) is 1.69. The van der Waals surface area contributed by atoms with E-state index in [1.807, 2.05) is 28.2 Å². The molecule has 0 amide bonds. The van der Waals surface area contributed by atoms with Crippen molar-refractivity contribution < 1.29 is 4.74 Å². The van der Waals surface area contributed by atoms with E-state index in [1.165, 1.54) is 0 Å². The van der Waals surface area contributed by atoms with E-state index in [4.69, 9.17) is 4.74 Å². The van der Waals surface area contributed by atoms with Gasteiger partial charge in [-0.15, -0.1) is 0 Å². The minimum absolute atomic E-state index is 0.167. The highest BCUT2D eigenvalue weighted by atomic mass is 16.5. The second kappa shape index (κ2) is 10.9. The standard InChI is InChI=1S/C16H28N2O/c1-15(11-7-9-13-17(3)4)19-16(2)12-8-10-14-18(5)6/h15-16H,11-14H2,1-6H3. The molecule has 0 spiro atoms. The topological polar surface area (TPSA) is 15.7 Å². The van der Waals surface area contributed by atoms with Gasteiger partial charge in [-0.1, -0.05) is 23.7 Å². The van der Waals surface area contributed by atoms with Crippen LogP contribution in [0.1, 0.15) is 26.7 Å². The molecule has 0 radical (unpaired) electrons. The van der Waals surface area contributed by atoms with E-state index >= 15 is 0 Å². The van der Waals surface area contributed by atoms with E-state index in [9.17, 15) is 0 Å². The van der Waals surface area contributed by atoms with Crippen molar-refractivity contribution in [2.24, 2.45) is 0 Å². The molecule has 2 atom stereocenters. The first-order chi connectivity index (χ1) is 8.91. The van der Waals surface area contributed by atoms with E-state index in [1.54, 1.807) is 0 Å². The lowest BCUT2D eigenvalue weighted by Gasteiger charge is -2.15. The molecule has 0 fully saturated rings. The summed E-state index contributed by atoms with van der Waals surface area (Å²) in [6.07, 6.45) is 1.90. The maximum absolute atomic E-state index is 5.83. The fourth-order valence-electron chi connectivity index (χ4n) is 1.35. The maximum atomic E-state index is 5.83. The summed E-state index contributed by atoms with van der Waals surface area (Å²) < 4.78 is 5.83. The predicted molar refractivity (Wildman–Crippen MR) is 81.9 cm³/mol. The van der Waals surface area contributed by atoms with Gasteiger partial charge in [-0.3, -0.25) is 9.80 Å². The Labute approximate surface area is 119 Å². The zero-order chi connectivity index (χ0) is 14.7. The molecule has 0 aromatic heterocycles. The van der Waals surface area contributed by atoms with Crippen LogP contribution in [0.5, 0.6) is 0 Å². The second-order valence-electron chi connectivity index (χ2n) is 5.35. The van der Waals surface area contributed by atoms with Crippen LogP contribution in [0.25, 0.3) is 0 Å². The quantitative estimate of drug-likeness (QED) is 0.679. The van der Waals surface area contributed by atoms with Crippen molar-refractivity contribution in [3.63, 3.8) is 0 Å². The van der Waals surface area contributed by atoms with Crippen LogP contribution in [0.3, 0.4) is 0 Å². The molecule has 3 nitrogen and oxygen atoms in total. The lowest BCUT2D eigenvalue weighted by molar-refractivity contribution is 0.0145. The lowest BCUT2D eigenvalue weighted by atomic mass is 10.2. The molecule has 3 heteroatoms. The molecule has 0 aromatic carbocycles. The van der Waals surface area contributed by atoms with Gasteiger partial charge in [0.15, 0.2) is 0 Å². The number of hydrogen-bond acceptors (Lipinski definition) is 3. The molecule has 0 rings (SSSR count). The fraction of sp³-hybridized carbons (Fsp3) is 0.750. The summed E-state index contributed by atoms with van der Waals surface area (Å²) in [6, 6.07) is 0. The molecule has 0 N–H and O–H groups in total. The number of hydrogen-bond donors (Lipinski definition) is 0. The highest BCUT2D eigenvalue weighted by Crippen LogP contribution is 2.04. The van der Waals surface area contributed by atoms with Crippen molar-refractivity contribution in [1.82, 2.24) is 9.80 Å². The van der Waals surface area contributed by atoms with E-state index in [0.717, 1.165) is 25.9 Å². The Kier molecular flexibility index (Phi) is 10.3. The molecular formula is C16H28N2O. The normalized spacial score (nSPS) is 13.5. The lowest BCUT2D eigenvalue weighted by Crippen LogP contribution is -2.16. The summed E-state index contributed by atoms with van der Waals surface area (Å²) in [4.78, 5) is 4.11. The van der Waals surface area contributed by atoms with Gasteiger partial charge >= 0.3 is 0 Å². The minimum atomic E-state index is 0.167. The van der Waals surface area contributed by atoms with Crippen LogP contribution >= 0.6 is 0 Å². The van der Waals surface area contributed by atoms with Crippen molar-refractivity contribution in [1.29, 1.82) is 0 Å². The van der Waals surface area contributed by atoms with Gasteiger partial charge in [0, 0.05) is 12.8 Å². The highest BCUT2D eigenvalue weighted by molar-refractivity contribution is 5.03. The largest absolute Gasteiger partial charge is 0.374 e. The number of ether oxygens (including phenoxy) is 1. The Balaban J connectivity index is 3.81. The Hall–Kier alpha value is -1.00. The average molecular weight is 264 g/mol. The fourth-order valence-corrected chi connectivity index (χ4v) is 1.35. The Morgan fingerprint density at radius 3 is 1.42 bits per heavy atom. The van der Waals surface area contributed by atoms with Gasteiger partial charge in [-0.05, 0) is 42.0 Å². The van der Waals surface area contributed by atoms with E-state index in [0.29, 0.717) is 0 Å². The summed E-state index contributed by atoms with van der Waals surface area (Å²) in [5, 5.41) is 0. The zero-order valence-electron chi connectivity index (χ0n) is 13.3. The first kappa shape index (κ1) is 18.0. The Morgan fingerprint density at radius 1 is 0.737 bits per heavy atom. The average Bonchev–Trinajstić information content (AvgIpc) is 2.30. The molecule has 0 aliphatic heterocycles. The summed E-state index contributed by atoms with van der Waals surface area (Å²) in [7, 11) is 8.07. The first-order valence-electron chi connectivity index (χ1n) is 6.78. The van der Waals surface area contributed by atoms with Crippen molar-refractivity contribution in [2.45, 2.75) is 38.9 Å². The molecule has 0 aliphatic rings. The van der Waals surface area contributed by atoms with Gasteiger partial charge in [0.05, 0.1) is 25.3 Å². The molecule has 0 saturated carbocycles. The first-order valence-corrected chi connectivity index (χ1v) is 6.78. The van der Waals surface area contributed by atoms with Gasteiger partial charge in [-0.2, -0.15) is 0 Å².